The molecule has 164 valence electrons. The maximum Gasteiger partial charge on any atom is 0.238 e. The molecule has 0 spiro atoms. The SMILES string of the molecule is CC12CC(c3ccccc3O1)C(C(N)=O)C(=O)N2CCCc1nc(-c2ccccc2)no1. The normalized spacial score (nSPS) is 24.0. The van der Waals surface area contributed by atoms with E-state index in [1.54, 1.807) is 4.90 Å². The van der Waals surface area contributed by atoms with Crippen molar-refractivity contribution >= 4 is 11.8 Å². The van der Waals surface area contributed by atoms with E-state index < -0.39 is 17.6 Å². The molecule has 2 N–H and O–H groups in total. The Labute approximate surface area is 185 Å². The van der Waals surface area contributed by atoms with E-state index in [1.807, 2.05) is 61.5 Å². The zero-order chi connectivity index (χ0) is 22.3. The summed E-state index contributed by atoms with van der Waals surface area (Å²) in [6.07, 6.45) is 1.60. The van der Waals surface area contributed by atoms with Gasteiger partial charge in [0.15, 0.2) is 5.72 Å². The first-order chi connectivity index (χ1) is 15.5. The third-order valence-corrected chi connectivity index (χ3v) is 6.33. The van der Waals surface area contributed by atoms with Crippen LogP contribution in [0.5, 0.6) is 5.75 Å². The maximum atomic E-state index is 13.3. The molecule has 1 aromatic heterocycles. The number of rotatable bonds is 6. The number of hydrogen-bond acceptors (Lipinski definition) is 6. The van der Waals surface area contributed by atoms with Gasteiger partial charge in [-0.15, -0.1) is 0 Å². The molecule has 1 fully saturated rings. The molecule has 3 atom stereocenters. The summed E-state index contributed by atoms with van der Waals surface area (Å²) in [5.74, 6) is -0.353. The second-order valence-corrected chi connectivity index (χ2v) is 8.48. The van der Waals surface area contributed by atoms with Crippen LogP contribution in [0.15, 0.2) is 59.1 Å². The molecule has 0 aliphatic carbocycles. The van der Waals surface area contributed by atoms with Gasteiger partial charge in [-0.1, -0.05) is 53.7 Å². The van der Waals surface area contributed by atoms with Crippen molar-refractivity contribution < 1.29 is 18.8 Å². The number of nitrogens with zero attached hydrogens (tertiary/aromatic N) is 3. The van der Waals surface area contributed by atoms with Gasteiger partial charge in [-0.3, -0.25) is 9.59 Å². The van der Waals surface area contributed by atoms with Crippen LogP contribution in [-0.2, 0) is 16.0 Å². The van der Waals surface area contributed by atoms with Crippen LogP contribution in [0, 0.1) is 5.92 Å². The van der Waals surface area contributed by atoms with Crippen molar-refractivity contribution in [3.8, 4) is 17.1 Å². The first-order valence-electron chi connectivity index (χ1n) is 10.7. The first kappa shape index (κ1) is 20.2. The second kappa shape index (κ2) is 7.78. The molecule has 3 heterocycles. The third kappa shape index (κ3) is 3.41. The molecular formula is C24H24N4O4. The fraction of sp³-hybridized carbons (Fsp3) is 0.333. The van der Waals surface area contributed by atoms with E-state index in [4.69, 9.17) is 15.0 Å². The number of ether oxygens (including phenoxy) is 1. The zero-order valence-electron chi connectivity index (χ0n) is 17.7. The Morgan fingerprint density at radius 2 is 1.94 bits per heavy atom. The molecule has 0 saturated carbocycles. The van der Waals surface area contributed by atoms with E-state index in [2.05, 4.69) is 10.1 Å². The summed E-state index contributed by atoms with van der Waals surface area (Å²) in [5, 5.41) is 4.04. The van der Waals surface area contributed by atoms with Gasteiger partial charge in [0, 0.05) is 30.9 Å². The predicted molar refractivity (Wildman–Crippen MR) is 115 cm³/mol. The molecule has 2 aliphatic rings. The molecule has 3 aromatic rings. The van der Waals surface area contributed by atoms with E-state index in [0.29, 0.717) is 43.3 Å². The minimum atomic E-state index is -0.902. The Hall–Kier alpha value is -3.68. The summed E-state index contributed by atoms with van der Waals surface area (Å²) in [6.45, 7) is 2.28. The Morgan fingerprint density at radius 3 is 2.72 bits per heavy atom. The molecule has 2 amide bonds. The third-order valence-electron chi connectivity index (χ3n) is 6.33. The molecule has 5 rings (SSSR count). The van der Waals surface area contributed by atoms with Gasteiger partial charge in [-0.05, 0) is 25.0 Å². The summed E-state index contributed by atoms with van der Waals surface area (Å²) in [6, 6.07) is 17.1. The van der Waals surface area contributed by atoms with Crippen molar-refractivity contribution in [2.24, 2.45) is 11.7 Å². The fourth-order valence-electron chi connectivity index (χ4n) is 4.83. The minimum Gasteiger partial charge on any atom is -0.468 e. The van der Waals surface area contributed by atoms with Crippen molar-refractivity contribution in [2.75, 3.05) is 6.54 Å². The molecule has 2 aromatic carbocycles. The first-order valence-corrected chi connectivity index (χ1v) is 10.7. The monoisotopic (exact) mass is 432 g/mol. The molecule has 2 aliphatic heterocycles. The predicted octanol–water partition coefficient (Wildman–Crippen LogP) is 2.90. The standard InChI is InChI=1S/C24H24N4O4/c1-24-14-17(16-10-5-6-11-18(16)31-24)20(21(25)29)23(30)28(24)13-7-12-19-26-22(27-32-19)15-8-3-2-4-9-15/h2-6,8-11,17,20H,7,12-14H2,1H3,(H2,25,29). The van der Waals surface area contributed by atoms with Crippen LogP contribution in [0.25, 0.3) is 11.4 Å². The van der Waals surface area contributed by atoms with Gasteiger partial charge in [-0.2, -0.15) is 4.98 Å². The number of para-hydroxylation sites is 1. The van der Waals surface area contributed by atoms with E-state index in [0.717, 1.165) is 11.1 Å². The number of piperidine rings is 1. The lowest BCUT2D eigenvalue weighted by atomic mass is 9.73. The molecule has 8 heteroatoms. The van der Waals surface area contributed by atoms with Crippen LogP contribution in [-0.4, -0.2) is 39.1 Å². The zero-order valence-corrected chi connectivity index (χ0v) is 17.7. The van der Waals surface area contributed by atoms with Gasteiger partial charge in [0.25, 0.3) is 0 Å². The summed E-state index contributed by atoms with van der Waals surface area (Å²) >= 11 is 0. The van der Waals surface area contributed by atoms with Crippen molar-refractivity contribution in [3.05, 3.63) is 66.1 Å². The van der Waals surface area contributed by atoms with Gasteiger partial charge in [0.05, 0.1) is 0 Å². The number of primary amides is 1. The van der Waals surface area contributed by atoms with Gasteiger partial charge < -0.3 is 19.9 Å². The number of aryl methyl sites for hydroxylation is 1. The summed E-state index contributed by atoms with van der Waals surface area (Å²) in [4.78, 5) is 31.7. The highest BCUT2D eigenvalue weighted by Gasteiger charge is 2.55. The fourth-order valence-corrected chi connectivity index (χ4v) is 4.83. The Balaban J connectivity index is 1.33. The highest BCUT2D eigenvalue weighted by molar-refractivity contribution is 6.01. The van der Waals surface area contributed by atoms with Crippen molar-refractivity contribution in [3.63, 3.8) is 0 Å². The molecular weight excluding hydrogens is 408 g/mol. The summed E-state index contributed by atoms with van der Waals surface area (Å²) in [5.41, 5.74) is 6.57. The molecule has 1 saturated heterocycles. The van der Waals surface area contributed by atoms with Crippen LogP contribution in [0.4, 0.5) is 0 Å². The van der Waals surface area contributed by atoms with Crippen molar-refractivity contribution in [1.29, 1.82) is 0 Å². The van der Waals surface area contributed by atoms with Crippen molar-refractivity contribution in [2.45, 2.75) is 37.8 Å². The second-order valence-electron chi connectivity index (χ2n) is 8.48. The van der Waals surface area contributed by atoms with Crippen LogP contribution < -0.4 is 10.5 Å². The van der Waals surface area contributed by atoms with Gasteiger partial charge in [0.2, 0.25) is 23.5 Å². The van der Waals surface area contributed by atoms with Crippen LogP contribution in [0.3, 0.4) is 0 Å². The number of amides is 2. The Morgan fingerprint density at radius 1 is 1.19 bits per heavy atom. The quantitative estimate of drug-likeness (QED) is 0.600. The topological polar surface area (TPSA) is 112 Å². The van der Waals surface area contributed by atoms with E-state index in [-0.39, 0.29) is 11.8 Å². The average Bonchev–Trinajstić information content (AvgIpc) is 3.25. The Kier molecular flexibility index (Phi) is 4.92. The molecule has 2 bridgehead atoms. The number of hydrogen-bond donors (Lipinski definition) is 1. The van der Waals surface area contributed by atoms with E-state index in [1.165, 1.54) is 0 Å². The number of benzene rings is 2. The van der Waals surface area contributed by atoms with Crippen molar-refractivity contribution in [1.82, 2.24) is 15.0 Å². The average molecular weight is 432 g/mol. The highest BCUT2D eigenvalue weighted by Crippen LogP contribution is 2.50. The largest absolute Gasteiger partial charge is 0.468 e. The number of aromatic nitrogens is 2. The lowest BCUT2D eigenvalue weighted by Gasteiger charge is -2.52. The number of fused-ring (bicyclic) bond motifs is 4. The lowest BCUT2D eigenvalue weighted by molar-refractivity contribution is -0.175. The highest BCUT2D eigenvalue weighted by atomic mass is 16.5. The number of nitrogens with two attached hydrogens (primary N) is 1. The molecule has 32 heavy (non-hydrogen) atoms. The van der Waals surface area contributed by atoms with Gasteiger partial charge in [0.1, 0.15) is 11.7 Å². The smallest absolute Gasteiger partial charge is 0.238 e. The Bertz CT molecular complexity index is 1160. The molecule has 0 radical (unpaired) electrons. The number of carbonyl (C=O) groups is 2. The summed E-state index contributed by atoms with van der Waals surface area (Å²) in [7, 11) is 0. The van der Waals surface area contributed by atoms with Crippen LogP contribution in [0.2, 0.25) is 0 Å². The van der Waals surface area contributed by atoms with Gasteiger partial charge in [-0.25, -0.2) is 0 Å². The minimum absolute atomic E-state index is 0.282. The lowest BCUT2D eigenvalue weighted by Crippen LogP contribution is -2.64. The number of carbonyl (C=O) groups excluding carboxylic acids is 2. The van der Waals surface area contributed by atoms with Gasteiger partial charge >= 0.3 is 0 Å². The summed E-state index contributed by atoms with van der Waals surface area (Å²) < 4.78 is 11.6. The van der Waals surface area contributed by atoms with E-state index in [9.17, 15) is 9.59 Å². The molecule has 3 unspecified atom stereocenters. The number of likely N-dealkylation sites (tertiary alicyclic amines) is 1. The maximum absolute atomic E-state index is 13.3. The van der Waals surface area contributed by atoms with Crippen LogP contribution >= 0.6 is 0 Å². The molecule has 8 nitrogen and oxygen atoms in total. The van der Waals surface area contributed by atoms with E-state index >= 15 is 0 Å². The van der Waals surface area contributed by atoms with Crippen LogP contribution in [0.1, 0.15) is 37.1 Å².